The minimum Gasteiger partial charge on any atom is -0.373 e. The number of halogens is 3. The molecule has 0 aromatic heterocycles. The lowest BCUT2D eigenvalue weighted by molar-refractivity contribution is -0.388. The summed E-state index contributed by atoms with van der Waals surface area (Å²) in [5.41, 5.74) is 2.66. The third kappa shape index (κ3) is 4.07. The van der Waals surface area contributed by atoms with Crippen molar-refractivity contribution < 1.29 is 22.9 Å². The number of carbonyl (C=O) groups is 1. The number of primary amides is 1. The highest BCUT2D eigenvalue weighted by atomic mass is 19.4. The lowest BCUT2D eigenvalue weighted by atomic mass is 10.0. The van der Waals surface area contributed by atoms with E-state index in [1.54, 1.807) is 13.8 Å². The molecular formula is C12H14F3N3O3. The number of nitrogens with two attached hydrogens (primary N) is 1. The number of amides is 1. The molecule has 3 N–H and O–H groups in total. The van der Waals surface area contributed by atoms with Gasteiger partial charge in [-0.15, -0.1) is 0 Å². The number of nitro benzene ring substituents is 1. The Hall–Kier alpha value is -2.32. The fraction of sp³-hybridized carbons (Fsp3) is 0.417. The van der Waals surface area contributed by atoms with Crippen molar-refractivity contribution in [2.75, 3.05) is 5.32 Å². The number of carbonyl (C=O) groups excluding carboxylic acids is 1. The Balaban J connectivity index is 3.23. The van der Waals surface area contributed by atoms with E-state index in [1.165, 1.54) is 0 Å². The molecule has 1 amide bonds. The van der Waals surface area contributed by atoms with Gasteiger partial charge in [-0.25, -0.2) is 0 Å². The number of hydrogen-bond acceptors (Lipinski definition) is 4. The molecule has 9 heteroatoms. The smallest absolute Gasteiger partial charge is 0.373 e. The molecule has 0 saturated heterocycles. The number of alkyl halides is 3. The summed E-state index contributed by atoms with van der Waals surface area (Å²) >= 11 is 0. The van der Waals surface area contributed by atoms with Crippen molar-refractivity contribution in [3.8, 4) is 0 Å². The summed E-state index contributed by atoms with van der Waals surface area (Å²) in [5.74, 6) is -0.982. The van der Waals surface area contributed by atoms with E-state index >= 15 is 0 Å². The number of hydrogen-bond donors (Lipinski definition) is 2. The summed E-state index contributed by atoms with van der Waals surface area (Å²) in [4.78, 5) is 20.8. The SMILES string of the molecule is CC(C)C(Nc1ccc([N+](=O)[O-])c(C(F)(F)F)c1)C(N)=O. The molecule has 0 aliphatic carbocycles. The quantitative estimate of drug-likeness (QED) is 0.645. The third-order valence-corrected chi connectivity index (χ3v) is 2.79. The fourth-order valence-corrected chi connectivity index (χ4v) is 1.76. The third-order valence-electron chi connectivity index (χ3n) is 2.79. The van der Waals surface area contributed by atoms with Gasteiger partial charge < -0.3 is 11.1 Å². The maximum Gasteiger partial charge on any atom is 0.423 e. The van der Waals surface area contributed by atoms with Crippen LogP contribution in [0.1, 0.15) is 19.4 Å². The number of rotatable bonds is 5. The van der Waals surface area contributed by atoms with E-state index in [1.807, 2.05) is 0 Å². The van der Waals surface area contributed by atoms with Crippen molar-refractivity contribution in [3.63, 3.8) is 0 Å². The second-order valence-electron chi connectivity index (χ2n) is 4.76. The summed E-state index contributed by atoms with van der Waals surface area (Å²) in [6.45, 7) is 3.33. The van der Waals surface area contributed by atoms with Gasteiger partial charge in [-0.1, -0.05) is 13.8 Å². The van der Waals surface area contributed by atoms with Crippen LogP contribution >= 0.6 is 0 Å². The first kappa shape index (κ1) is 16.7. The molecule has 21 heavy (non-hydrogen) atoms. The molecule has 0 bridgehead atoms. The maximum absolute atomic E-state index is 12.8. The van der Waals surface area contributed by atoms with Crippen LogP contribution in [-0.4, -0.2) is 16.9 Å². The van der Waals surface area contributed by atoms with Gasteiger partial charge in [0.15, 0.2) is 0 Å². The first-order valence-electron chi connectivity index (χ1n) is 5.95. The molecule has 0 aliphatic rings. The van der Waals surface area contributed by atoms with Gasteiger partial charge in [-0.2, -0.15) is 13.2 Å². The monoisotopic (exact) mass is 305 g/mol. The van der Waals surface area contributed by atoms with Gasteiger partial charge in [0.25, 0.3) is 5.69 Å². The topological polar surface area (TPSA) is 98.3 Å². The second kappa shape index (κ2) is 5.98. The van der Waals surface area contributed by atoms with Gasteiger partial charge in [0.2, 0.25) is 5.91 Å². The Labute approximate surface area is 118 Å². The van der Waals surface area contributed by atoms with Crippen LogP contribution in [0.25, 0.3) is 0 Å². The van der Waals surface area contributed by atoms with E-state index in [0.717, 1.165) is 12.1 Å². The molecule has 1 unspecified atom stereocenters. The molecule has 6 nitrogen and oxygen atoms in total. The Kier molecular flexibility index (Phi) is 4.77. The molecule has 0 fully saturated rings. The Morgan fingerprint density at radius 1 is 1.38 bits per heavy atom. The zero-order chi connectivity index (χ0) is 16.4. The van der Waals surface area contributed by atoms with E-state index in [2.05, 4.69) is 5.32 Å². The number of nitrogens with one attached hydrogen (secondary N) is 1. The lowest BCUT2D eigenvalue weighted by Gasteiger charge is -2.20. The molecule has 116 valence electrons. The fourth-order valence-electron chi connectivity index (χ4n) is 1.76. The van der Waals surface area contributed by atoms with Crippen LogP contribution in [0, 0.1) is 16.0 Å². The standard InChI is InChI=1S/C12H14F3N3O3/c1-6(2)10(11(16)19)17-7-3-4-9(18(20)21)8(5-7)12(13,14)15/h3-6,10,17H,1-2H3,(H2,16,19). The van der Waals surface area contributed by atoms with Gasteiger partial charge in [0.05, 0.1) is 4.92 Å². The minimum atomic E-state index is -4.87. The van der Waals surface area contributed by atoms with E-state index in [0.29, 0.717) is 6.07 Å². The van der Waals surface area contributed by atoms with Crippen LogP contribution in [0.2, 0.25) is 0 Å². The molecule has 0 aliphatic heterocycles. The molecular weight excluding hydrogens is 291 g/mol. The van der Waals surface area contributed by atoms with Crippen LogP contribution in [-0.2, 0) is 11.0 Å². The van der Waals surface area contributed by atoms with Crippen LogP contribution < -0.4 is 11.1 Å². The zero-order valence-corrected chi connectivity index (χ0v) is 11.3. The number of benzene rings is 1. The summed E-state index contributed by atoms with van der Waals surface area (Å²) in [7, 11) is 0. The van der Waals surface area contributed by atoms with Crippen molar-refractivity contribution in [2.24, 2.45) is 11.7 Å². The molecule has 0 heterocycles. The average Bonchev–Trinajstić information content (AvgIpc) is 2.33. The Morgan fingerprint density at radius 2 is 1.95 bits per heavy atom. The predicted octanol–water partition coefficient (Wildman–Crippen LogP) is 2.54. The molecule has 1 aromatic rings. The van der Waals surface area contributed by atoms with Crippen molar-refractivity contribution >= 4 is 17.3 Å². The van der Waals surface area contributed by atoms with Crippen LogP contribution in [0.3, 0.4) is 0 Å². The largest absolute Gasteiger partial charge is 0.423 e. The predicted molar refractivity (Wildman–Crippen MR) is 69.5 cm³/mol. The van der Waals surface area contributed by atoms with Gasteiger partial charge in [-0.3, -0.25) is 14.9 Å². The van der Waals surface area contributed by atoms with Gasteiger partial charge in [0.1, 0.15) is 11.6 Å². The number of nitro groups is 1. The number of nitrogens with zero attached hydrogens (tertiary/aromatic N) is 1. The normalized spacial score (nSPS) is 13.0. The van der Waals surface area contributed by atoms with Gasteiger partial charge >= 0.3 is 6.18 Å². The molecule has 1 rings (SSSR count). The molecule has 0 radical (unpaired) electrons. The molecule has 0 spiro atoms. The summed E-state index contributed by atoms with van der Waals surface area (Å²) in [6.07, 6.45) is -4.87. The van der Waals surface area contributed by atoms with E-state index in [4.69, 9.17) is 5.73 Å². The minimum absolute atomic E-state index is 0.0644. The van der Waals surface area contributed by atoms with Crippen molar-refractivity contribution in [1.29, 1.82) is 0 Å². The first-order chi connectivity index (χ1) is 9.54. The van der Waals surface area contributed by atoms with Crippen molar-refractivity contribution in [2.45, 2.75) is 26.1 Å². The highest BCUT2D eigenvalue weighted by molar-refractivity contribution is 5.83. The zero-order valence-electron chi connectivity index (χ0n) is 11.3. The van der Waals surface area contributed by atoms with Crippen LogP contribution in [0.5, 0.6) is 0 Å². The first-order valence-corrected chi connectivity index (χ1v) is 5.95. The Bertz CT molecular complexity index is 558. The highest BCUT2D eigenvalue weighted by Gasteiger charge is 2.38. The van der Waals surface area contributed by atoms with Crippen molar-refractivity contribution in [1.82, 2.24) is 0 Å². The van der Waals surface area contributed by atoms with Crippen LogP contribution in [0.15, 0.2) is 18.2 Å². The van der Waals surface area contributed by atoms with Crippen molar-refractivity contribution in [3.05, 3.63) is 33.9 Å². The molecule has 1 atom stereocenters. The average molecular weight is 305 g/mol. The summed E-state index contributed by atoms with van der Waals surface area (Å²) < 4.78 is 38.5. The van der Waals surface area contributed by atoms with E-state index in [9.17, 15) is 28.1 Å². The number of anilines is 1. The van der Waals surface area contributed by atoms with E-state index < -0.39 is 34.3 Å². The van der Waals surface area contributed by atoms with E-state index in [-0.39, 0.29) is 11.6 Å². The van der Waals surface area contributed by atoms with Crippen LogP contribution in [0.4, 0.5) is 24.5 Å². The molecule has 0 saturated carbocycles. The van der Waals surface area contributed by atoms with Gasteiger partial charge in [0, 0.05) is 11.8 Å². The van der Waals surface area contributed by atoms with Gasteiger partial charge in [-0.05, 0) is 18.1 Å². The highest BCUT2D eigenvalue weighted by Crippen LogP contribution is 2.37. The summed E-state index contributed by atoms with van der Waals surface area (Å²) in [6, 6.07) is 1.55. The Morgan fingerprint density at radius 3 is 2.33 bits per heavy atom. The summed E-state index contributed by atoms with van der Waals surface area (Å²) in [5, 5.41) is 13.2. The lowest BCUT2D eigenvalue weighted by Crippen LogP contribution is -2.39. The second-order valence-corrected chi connectivity index (χ2v) is 4.76. The molecule has 1 aromatic carbocycles. The maximum atomic E-state index is 12.8.